The molecular formula is C22H17FN2O5. The van der Waals surface area contributed by atoms with Crippen LogP contribution in [0.2, 0.25) is 0 Å². The van der Waals surface area contributed by atoms with Crippen LogP contribution in [0.15, 0.2) is 64.7 Å². The number of aliphatic hydroxyl groups is 1. The normalized spacial score (nSPS) is 18.1. The van der Waals surface area contributed by atoms with Gasteiger partial charge in [0.25, 0.3) is 5.78 Å². The van der Waals surface area contributed by atoms with Gasteiger partial charge in [-0.1, -0.05) is 17.3 Å². The number of anilines is 1. The summed E-state index contributed by atoms with van der Waals surface area (Å²) in [5, 5.41) is 14.8. The summed E-state index contributed by atoms with van der Waals surface area (Å²) in [5.41, 5.74) is 0.594. The summed E-state index contributed by atoms with van der Waals surface area (Å²) in [6.07, 6.45) is 0. The van der Waals surface area contributed by atoms with Crippen molar-refractivity contribution >= 4 is 23.3 Å². The Labute approximate surface area is 171 Å². The maximum atomic E-state index is 13.3. The van der Waals surface area contributed by atoms with Crippen molar-refractivity contribution in [2.24, 2.45) is 0 Å². The van der Waals surface area contributed by atoms with Gasteiger partial charge in [-0.15, -0.1) is 0 Å². The average Bonchev–Trinajstić information content (AvgIpc) is 3.29. The standard InChI is InChI=1S/C22H17FN2O5/c1-12-10-17(24-30-12)25-19(14-4-3-5-16(11-14)29-2)18(21(27)22(25)28)20(26)13-6-8-15(23)9-7-13/h3-11,19,26H,1-2H3/b20-18+/t19-/m1/s1. The van der Waals surface area contributed by atoms with Crippen molar-refractivity contribution in [2.75, 3.05) is 12.0 Å². The Hall–Kier alpha value is -3.94. The smallest absolute Gasteiger partial charge is 0.301 e. The maximum absolute atomic E-state index is 13.3. The minimum Gasteiger partial charge on any atom is -0.507 e. The number of ketones is 1. The summed E-state index contributed by atoms with van der Waals surface area (Å²) in [7, 11) is 1.50. The van der Waals surface area contributed by atoms with E-state index in [4.69, 9.17) is 9.26 Å². The number of amides is 1. The minimum atomic E-state index is -0.977. The number of aromatic nitrogens is 1. The zero-order valence-corrected chi connectivity index (χ0v) is 16.1. The van der Waals surface area contributed by atoms with Crippen LogP contribution in [0.1, 0.15) is 22.9 Å². The third-order valence-corrected chi connectivity index (χ3v) is 4.83. The number of ether oxygens (including phenoxy) is 1. The van der Waals surface area contributed by atoms with E-state index in [0.29, 0.717) is 17.1 Å². The SMILES string of the molecule is COc1cccc([C@@H]2/C(=C(\O)c3ccc(F)cc3)C(=O)C(=O)N2c2cc(C)on2)c1. The van der Waals surface area contributed by atoms with Crippen molar-refractivity contribution in [2.45, 2.75) is 13.0 Å². The first kappa shape index (κ1) is 19.4. The number of carbonyl (C=O) groups excluding carboxylic acids is 2. The monoisotopic (exact) mass is 408 g/mol. The van der Waals surface area contributed by atoms with Crippen LogP contribution in [-0.2, 0) is 9.59 Å². The van der Waals surface area contributed by atoms with Gasteiger partial charge in [-0.2, -0.15) is 0 Å². The third kappa shape index (κ3) is 3.22. The lowest BCUT2D eigenvalue weighted by Crippen LogP contribution is -2.29. The predicted molar refractivity (Wildman–Crippen MR) is 105 cm³/mol. The lowest BCUT2D eigenvalue weighted by Gasteiger charge is -2.23. The number of hydrogen-bond donors (Lipinski definition) is 1. The summed E-state index contributed by atoms with van der Waals surface area (Å²) in [5.74, 6) is -1.55. The number of Topliss-reactive ketones (excluding diaryl/α,β-unsaturated/α-hetero) is 1. The first-order valence-corrected chi connectivity index (χ1v) is 9.05. The summed E-state index contributed by atoms with van der Waals surface area (Å²) >= 11 is 0. The van der Waals surface area contributed by atoms with E-state index in [1.165, 1.54) is 30.2 Å². The van der Waals surface area contributed by atoms with Crippen LogP contribution in [0.5, 0.6) is 5.75 Å². The lowest BCUT2D eigenvalue weighted by molar-refractivity contribution is -0.132. The number of methoxy groups -OCH3 is 1. The average molecular weight is 408 g/mol. The second-order valence-electron chi connectivity index (χ2n) is 6.75. The van der Waals surface area contributed by atoms with E-state index in [2.05, 4.69) is 5.16 Å². The molecule has 0 bridgehead atoms. The molecule has 1 aromatic heterocycles. The Bertz CT molecular complexity index is 1170. The fourth-order valence-corrected chi connectivity index (χ4v) is 3.43. The lowest BCUT2D eigenvalue weighted by atomic mass is 9.95. The molecule has 8 heteroatoms. The van der Waals surface area contributed by atoms with E-state index in [1.807, 2.05) is 0 Å². The molecule has 1 saturated heterocycles. The van der Waals surface area contributed by atoms with E-state index in [0.717, 1.165) is 12.1 Å². The number of carbonyl (C=O) groups is 2. The fraction of sp³-hybridized carbons (Fsp3) is 0.136. The predicted octanol–water partition coefficient (Wildman–Crippen LogP) is 3.76. The van der Waals surface area contributed by atoms with Gasteiger partial charge in [0, 0.05) is 11.6 Å². The molecule has 4 rings (SSSR count). The van der Waals surface area contributed by atoms with Crippen molar-refractivity contribution in [3.8, 4) is 5.75 Å². The van der Waals surface area contributed by atoms with Crippen LogP contribution < -0.4 is 9.64 Å². The molecule has 3 aromatic rings. The van der Waals surface area contributed by atoms with Crippen LogP contribution in [0.25, 0.3) is 5.76 Å². The molecule has 1 amide bonds. The Morgan fingerprint density at radius 3 is 2.53 bits per heavy atom. The largest absolute Gasteiger partial charge is 0.507 e. The third-order valence-electron chi connectivity index (χ3n) is 4.83. The fourth-order valence-electron chi connectivity index (χ4n) is 3.43. The highest BCUT2D eigenvalue weighted by molar-refractivity contribution is 6.51. The molecule has 2 heterocycles. The van der Waals surface area contributed by atoms with E-state index >= 15 is 0 Å². The van der Waals surface area contributed by atoms with Gasteiger partial charge >= 0.3 is 5.91 Å². The summed E-state index contributed by atoms with van der Waals surface area (Å²) in [6, 6.07) is 12.3. The van der Waals surface area contributed by atoms with Gasteiger partial charge < -0.3 is 14.4 Å². The van der Waals surface area contributed by atoms with Crippen molar-refractivity contribution < 1.29 is 28.3 Å². The van der Waals surface area contributed by atoms with Crippen molar-refractivity contribution in [3.63, 3.8) is 0 Å². The number of aliphatic hydroxyl groups excluding tert-OH is 1. The molecule has 0 spiro atoms. The maximum Gasteiger partial charge on any atom is 0.301 e. The summed E-state index contributed by atoms with van der Waals surface area (Å²) in [6.45, 7) is 1.66. The molecule has 2 aromatic carbocycles. The molecule has 1 atom stereocenters. The number of aryl methyl sites for hydroxylation is 1. The molecule has 1 aliphatic rings. The molecule has 7 nitrogen and oxygen atoms in total. The van der Waals surface area contributed by atoms with Gasteiger partial charge in [-0.3, -0.25) is 14.5 Å². The number of nitrogens with zero attached hydrogens (tertiary/aromatic N) is 2. The van der Waals surface area contributed by atoms with Crippen LogP contribution in [0.4, 0.5) is 10.2 Å². The second kappa shape index (κ2) is 7.47. The van der Waals surface area contributed by atoms with Crippen molar-refractivity contribution in [1.29, 1.82) is 0 Å². The zero-order chi connectivity index (χ0) is 21.4. The van der Waals surface area contributed by atoms with E-state index in [1.54, 1.807) is 31.2 Å². The molecule has 1 aliphatic heterocycles. The van der Waals surface area contributed by atoms with Gasteiger partial charge in [0.15, 0.2) is 5.82 Å². The van der Waals surface area contributed by atoms with Crippen LogP contribution in [0, 0.1) is 12.7 Å². The second-order valence-corrected chi connectivity index (χ2v) is 6.75. The van der Waals surface area contributed by atoms with Gasteiger partial charge in [0.1, 0.15) is 23.1 Å². The quantitative estimate of drug-likeness (QED) is 0.401. The summed E-state index contributed by atoms with van der Waals surface area (Å²) in [4.78, 5) is 27.0. The van der Waals surface area contributed by atoms with Gasteiger partial charge in [-0.05, 0) is 48.9 Å². The molecule has 152 valence electrons. The van der Waals surface area contributed by atoms with Crippen molar-refractivity contribution in [1.82, 2.24) is 5.16 Å². The molecule has 0 radical (unpaired) electrons. The molecular weight excluding hydrogens is 391 g/mol. The first-order valence-electron chi connectivity index (χ1n) is 9.05. The van der Waals surface area contributed by atoms with E-state index in [9.17, 15) is 19.1 Å². The van der Waals surface area contributed by atoms with Gasteiger partial charge in [-0.25, -0.2) is 4.39 Å². The highest BCUT2D eigenvalue weighted by atomic mass is 19.1. The number of rotatable bonds is 4. The zero-order valence-electron chi connectivity index (χ0n) is 16.1. The first-order chi connectivity index (χ1) is 14.4. The Morgan fingerprint density at radius 2 is 1.90 bits per heavy atom. The highest BCUT2D eigenvalue weighted by Gasteiger charge is 2.48. The molecule has 1 N–H and O–H groups in total. The molecule has 30 heavy (non-hydrogen) atoms. The van der Waals surface area contributed by atoms with E-state index < -0.39 is 29.3 Å². The minimum absolute atomic E-state index is 0.138. The van der Waals surface area contributed by atoms with Gasteiger partial charge in [0.2, 0.25) is 0 Å². The molecule has 1 fully saturated rings. The van der Waals surface area contributed by atoms with E-state index in [-0.39, 0.29) is 17.0 Å². The highest BCUT2D eigenvalue weighted by Crippen LogP contribution is 2.42. The Balaban J connectivity index is 1.95. The van der Waals surface area contributed by atoms with Crippen LogP contribution >= 0.6 is 0 Å². The molecule has 0 unspecified atom stereocenters. The Kier molecular flexibility index (Phi) is 4.83. The topological polar surface area (TPSA) is 92.9 Å². The van der Waals surface area contributed by atoms with Crippen LogP contribution in [0.3, 0.4) is 0 Å². The van der Waals surface area contributed by atoms with Crippen molar-refractivity contribution in [3.05, 3.63) is 82.9 Å². The molecule has 0 saturated carbocycles. The number of benzene rings is 2. The summed E-state index contributed by atoms with van der Waals surface area (Å²) < 4.78 is 23.7. The van der Waals surface area contributed by atoms with Gasteiger partial charge in [0.05, 0.1) is 18.7 Å². The number of hydrogen-bond acceptors (Lipinski definition) is 6. The number of halogens is 1. The molecule has 0 aliphatic carbocycles. The van der Waals surface area contributed by atoms with Crippen LogP contribution in [-0.4, -0.2) is 29.1 Å². The Morgan fingerprint density at radius 1 is 1.17 bits per heavy atom.